The number of benzene rings is 1. The quantitative estimate of drug-likeness (QED) is 0.843. The Morgan fingerprint density at radius 2 is 2.07 bits per heavy atom. The van der Waals surface area contributed by atoms with E-state index in [1.165, 1.54) is 0 Å². The van der Waals surface area contributed by atoms with Crippen LogP contribution in [0.2, 0.25) is 0 Å². The number of hydrogen-bond acceptors (Lipinski definition) is 2. The van der Waals surface area contributed by atoms with Gasteiger partial charge in [0.1, 0.15) is 5.75 Å². The standard InChI is InChI=1S/C10H11BrO3/c1-14-9-3-7(5-10(12)13)2-8(4-9)6-11/h2-4H,5-6H2,1H3,(H,12,13). The molecule has 1 aromatic rings. The molecule has 0 saturated heterocycles. The highest BCUT2D eigenvalue weighted by atomic mass is 79.9. The van der Waals surface area contributed by atoms with Crippen LogP contribution >= 0.6 is 15.9 Å². The molecule has 0 spiro atoms. The zero-order chi connectivity index (χ0) is 10.6. The predicted molar refractivity (Wildman–Crippen MR) is 57.0 cm³/mol. The molecular formula is C10H11BrO3. The Labute approximate surface area is 90.8 Å². The van der Waals surface area contributed by atoms with Gasteiger partial charge in [-0.2, -0.15) is 0 Å². The lowest BCUT2D eigenvalue weighted by Crippen LogP contribution is -2.01. The van der Waals surface area contributed by atoms with Gasteiger partial charge < -0.3 is 9.84 Å². The zero-order valence-corrected chi connectivity index (χ0v) is 9.37. The van der Waals surface area contributed by atoms with Gasteiger partial charge in [0.2, 0.25) is 0 Å². The monoisotopic (exact) mass is 258 g/mol. The number of carbonyl (C=O) groups is 1. The first kappa shape index (κ1) is 11.0. The van der Waals surface area contributed by atoms with Gasteiger partial charge in [0.15, 0.2) is 0 Å². The highest BCUT2D eigenvalue weighted by molar-refractivity contribution is 9.08. The summed E-state index contributed by atoms with van der Waals surface area (Å²) in [6.45, 7) is 0. The summed E-state index contributed by atoms with van der Waals surface area (Å²) in [6.07, 6.45) is 0.0250. The third-order valence-electron chi connectivity index (χ3n) is 1.77. The number of methoxy groups -OCH3 is 1. The Hall–Kier alpha value is -1.03. The molecule has 0 aromatic heterocycles. The minimum absolute atomic E-state index is 0.0250. The van der Waals surface area contributed by atoms with Gasteiger partial charge in [-0.3, -0.25) is 4.79 Å². The maximum atomic E-state index is 10.5. The Balaban J connectivity index is 2.98. The Morgan fingerprint density at radius 1 is 1.43 bits per heavy atom. The van der Waals surface area contributed by atoms with Gasteiger partial charge in [-0.1, -0.05) is 22.0 Å². The van der Waals surface area contributed by atoms with Crippen molar-refractivity contribution in [2.24, 2.45) is 0 Å². The van der Waals surface area contributed by atoms with Crippen LogP contribution in [-0.2, 0) is 16.5 Å². The molecule has 1 rings (SSSR count). The van der Waals surface area contributed by atoms with Crippen molar-refractivity contribution in [1.29, 1.82) is 0 Å². The lowest BCUT2D eigenvalue weighted by molar-refractivity contribution is -0.136. The number of aliphatic carboxylic acids is 1. The van der Waals surface area contributed by atoms with Crippen molar-refractivity contribution in [3.05, 3.63) is 29.3 Å². The first-order chi connectivity index (χ1) is 6.65. The molecule has 0 fully saturated rings. The number of alkyl halides is 1. The Bertz CT molecular complexity index is 314. The summed E-state index contributed by atoms with van der Waals surface area (Å²) in [5.41, 5.74) is 1.77. The molecule has 0 radical (unpaired) electrons. The number of ether oxygens (including phenoxy) is 1. The molecule has 1 N–H and O–H groups in total. The third-order valence-corrected chi connectivity index (χ3v) is 2.42. The van der Waals surface area contributed by atoms with Crippen LogP contribution in [0.4, 0.5) is 0 Å². The van der Waals surface area contributed by atoms with Gasteiger partial charge >= 0.3 is 5.97 Å². The van der Waals surface area contributed by atoms with Crippen molar-refractivity contribution in [3.8, 4) is 5.75 Å². The van der Waals surface area contributed by atoms with E-state index in [2.05, 4.69) is 15.9 Å². The van der Waals surface area contributed by atoms with Crippen molar-refractivity contribution in [3.63, 3.8) is 0 Å². The summed E-state index contributed by atoms with van der Waals surface area (Å²) in [5, 5.41) is 9.33. The molecule has 0 saturated carbocycles. The van der Waals surface area contributed by atoms with Crippen LogP contribution < -0.4 is 4.74 Å². The second-order valence-electron chi connectivity index (χ2n) is 2.89. The van der Waals surface area contributed by atoms with Crippen LogP contribution in [0.3, 0.4) is 0 Å². The highest BCUT2D eigenvalue weighted by Gasteiger charge is 2.04. The van der Waals surface area contributed by atoms with Crippen molar-refractivity contribution in [2.45, 2.75) is 11.8 Å². The van der Waals surface area contributed by atoms with Gasteiger partial charge in [-0.05, 0) is 23.3 Å². The van der Waals surface area contributed by atoms with Crippen molar-refractivity contribution in [2.75, 3.05) is 7.11 Å². The van der Waals surface area contributed by atoms with E-state index in [0.29, 0.717) is 11.1 Å². The molecule has 0 aliphatic rings. The van der Waals surface area contributed by atoms with E-state index in [0.717, 1.165) is 11.1 Å². The normalized spacial score (nSPS) is 9.86. The average molecular weight is 259 g/mol. The van der Waals surface area contributed by atoms with Gasteiger partial charge in [0.05, 0.1) is 13.5 Å². The van der Waals surface area contributed by atoms with Crippen molar-refractivity contribution in [1.82, 2.24) is 0 Å². The number of rotatable bonds is 4. The average Bonchev–Trinajstić information content (AvgIpc) is 2.16. The van der Waals surface area contributed by atoms with Gasteiger partial charge in [0, 0.05) is 5.33 Å². The molecular weight excluding hydrogens is 248 g/mol. The van der Waals surface area contributed by atoms with E-state index < -0.39 is 5.97 Å². The predicted octanol–water partition coefficient (Wildman–Crippen LogP) is 2.22. The van der Waals surface area contributed by atoms with E-state index in [1.54, 1.807) is 13.2 Å². The fourth-order valence-corrected chi connectivity index (χ4v) is 1.52. The first-order valence-corrected chi connectivity index (χ1v) is 5.22. The van der Waals surface area contributed by atoms with E-state index >= 15 is 0 Å². The summed E-state index contributed by atoms with van der Waals surface area (Å²) in [7, 11) is 1.57. The molecule has 0 bridgehead atoms. The number of halogens is 1. The van der Waals surface area contributed by atoms with Gasteiger partial charge in [-0.25, -0.2) is 0 Å². The van der Waals surface area contributed by atoms with Crippen LogP contribution in [0.15, 0.2) is 18.2 Å². The summed E-state index contributed by atoms with van der Waals surface area (Å²) in [5.74, 6) is -0.142. The molecule has 0 aliphatic carbocycles. The van der Waals surface area contributed by atoms with E-state index in [-0.39, 0.29) is 6.42 Å². The van der Waals surface area contributed by atoms with Crippen LogP contribution in [-0.4, -0.2) is 18.2 Å². The topological polar surface area (TPSA) is 46.5 Å². The fraction of sp³-hybridized carbons (Fsp3) is 0.300. The van der Waals surface area contributed by atoms with Crippen LogP contribution in [0.1, 0.15) is 11.1 Å². The lowest BCUT2D eigenvalue weighted by Gasteiger charge is -2.05. The molecule has 0 unspecified atom stereocenters. The first-order valence-electron chi connectivity index (χ1n) is 4.10. The van der Waals surface area contributed by atoms with Gasteiger partial charge in [-0.15, -0.1) is 0 Å². The smallest absolute Gasteiger partial charge is 0.307 e. The second kappa shape index (κ2) is 5.00. The molecule has 76 valence electrons. The maximum Gasteiger partial charge on any atom is 0.307 e. The lowest BCUT2D eigenvalue weighted by atomic mass is 10.1. The summed E-state index contributed by atoms with van der Waals surface area (Å²) in [6, 6.07) is 5.46. The SMILES string of the molecule is COc1cc(CBr)cc(CC(=O)O)c1. The summed E-state index contributed by atoms with van der Waals surface area (Å²) in [4.78, 5) is 10.5. The molecule has 3 nitrogen and oxygen atoms in total. The Kier molecular flexibility index (Phi) is 3.95. The summed E-state index contributed by atoms with van der Waals surface area (Å²) < 4.78 is 5.07. The van der Waals surface area contributed by atoms with E-state index in [9.17, 15) is 4.79 Å². The highest BCUT2D eigenvalue weighted by Crippen LogP contribution is 2.19. The minimum Gasteiger partial charge on any atom is -0.497 e. The summed E-state index contributed by atoms with van der Waals surface area (Å²) >= 11 is 3.32. The maximum absolute atomic E-state index is 10.5. The van der Waals surface area contributed by atoms with Gasteiger partial charge in [0.25, 0.3) is 0 Å². The number of hydrogen-bond donors (Lipinski definition) is 1. The van der Waals surface area contributed by atoms with E-state index in [1.807, 2.05) is 12.1 Å². The minimum atomic E-state index is -0.834. The van der Waals surface area contributed by atoms with Crippen LogP contribution in [0.5, 0.6) is 5.75 Å². The zero-order valence-electron chi connectivity index (χ0n) is 7.79. The molecule has 0 heterocycles. The Morgan fingerprint density at radius 3 is 2.57 bits per heavy atom. The molecule has 14 heavy (non-hydrogen) atoms. The molecule has 0 amide bonds. The molecule has 0 atom stereocenters. The second-order valence-corrected chi connectivity index (χ2v) is 3.45. The molecule has 4 heteroatoms. The van der Waals surface area contributed by atoms with Crippen molar-refractivity contribution >= 4 is 21.9 Å². The van der Waals surface area contributed by atoms with E-state index in [4.69, 9.17) is 9.84 Å². The largest absolute Gasteiger partial charge is 0.497 e. The molecule has 1 aromatic carbocycles. The third kappa shape index (κ3) is 3.03. The number of carboxylic acid groups (broad SMARTS) is 1. The number of carboxylic acids is 1. The fourth-order valence-electron chi connectivity index (χ4n) is 1.20. The van der Waals surface area contributed by atoms with Crippen LogP contribution in [0.25, 0.3) is 0 Å². The van der Waals surface area contributed by atoms with Crippen molar-refractivity contribution < 1.29 is 14.6 Å². The molecule has 0 aliphatic heterocycles. The van der Waals surface area contributed by atoms with Crippen LogP contribution in [0, 0.1) is 0 Å².